The number of esters is 1. The standard InChI is InChI=1S/C17H19N3O5/c1-2-25-15(22)10-9-14(21)19-20-17(24)12-5-7-13(8-6-12)18-16(23)11-3-4-11/h5-11H,2-4H2,1H3,(H,18,23)(H,19,21)(H,20,24)/b10-9+. The third kappa shape index (κ3) is 6.09. The topological polar surface area (TPSA) is 114 Å². The first-order valence-corrected chi connectivity index (χ1v) is 7.85. The summed E-state index contributed by atoms with van der Waals surface area (Å²) < 4.78 is 4.62. The van der Waals surface area contributed by atoms with E-state index in [1.807, 2.05) is 0 Å². The number of hydrogen-bond donors (Lipinski definition) is 3. The predicted molar refractivity (Wildman–Crippen MR) is 89.2 cm³/mol. The lowest BCUT2D eigenvalue weighted by Gasteiger charge is -2.07. The van der Waals surface area contributed by atoms with Crippen molar-refractivity contribution in [3.05, 3.63) is 42.0 Å². The first-order valence-electron chi connectivity index (χ1n) is 7.85. The van der Waals surface area contributed by atoms with E-state index in [-0.39, 0.29) is 18.4 Å². The summed E-state index contributed by atoms with van der Waals surface area (Å²) in [6, 6.07) is 6.27. The maximum absolute atomic E-state index is 11.9. The molecule has 8 nitrogen and oxygen atoms in total. The molecule has 1 aromatic rings. The second-order valence-corrected chi connectivity index (χ2v) is 5.37. The Balaban J connectivity index is 1.79. The number of hydrazine groups is 1. The van der Waals surface area contributed by atoms with E-state index in [0.717, 1.165) is 25.0 Å². The second-order valence-electron chi connectivity index (χ2n) is 5.37. The molecule has 0 bridgehead atoms. The quantitative estimate of drug-likeness (QED) is 0.403. The monoisotopic (exact) mass is 345 g/mol. The number of benzene rings is 1. The average Bonchev–Trinajstić information content (AvgIpc) is 3.44. The van der Waals surface area contributed by atoms with Gasteiger partial charge in [0.2, 0.25) is 5.91 Å². The molecule has 25 heavy (non-hydrogen) atoms. The molecule has 0 aromatic heterocycles. The minimum absolute atomic E-state index is 0.0159. The van der Waals surface area contributed by atoms with Crippen LogP contribution in [0.1, 0.15) is 30.1 Å². The summed E-state index contributed by atoms with van der Waals surface area (Å²) in [4.78, 5) is 46.1. The van der Waals surface area contributed by atoms with Gasteiger partial charge < -0.3 is 10.1 Å². The molecule has 2 rings (SSSR count). The van der Waals surface area contributed by atoms with Gasteiger partial charge >= 0.3 is 5.97 Å². The van der Waals surface area contributed by atoms with Crippen molar-refractivity contribution in [1.29, 1.82) is 0 Å². The first-order chi connectivity index (χ1) is 12.0. The van der Waals surface area contributed by atoms with Gasteiger partial charge in [-0.25, -0.2) is 4.79 Å². The van der Waals surface area contributed by atoms with E-state index in [9.17, 15) is 19.2 Å². The Kier molecular flexibility index (Phi) is 6.27. The van der Waals surface area contributed by atoms with Gasteiger partial charge in [-0.3, -0.25) is 25.2 Å². The largest absolute Gasteiger partial charge is 0.463 e. The lowest BCUT2D eigenvalue weighted by atomic mass is 10.2. The molecule has 1 aliphatic carbocycles. The smallest absolute Gasteiger partial charge is 0.330 e. The van der Waals surface area contributed by atoms with Gasteiger partial charge in [0.05, 0.1) is 6.61 Å². The summed E-state index contributed by atoms with van der Waals surface area (Å²) >= 11 is 0. The van der Waals surface area contributed by atoms with E-state index >= 15 is 0 Å². The highest BCUT2D eigenvalue weighted by molar-refractivity contribution is 5.99. The fraction of sp³-hybridized carbons (Fsp3) is 0.294. The van der Waals surface area contributed by atoms with Gasteiger partial charge in [-0.15, -0.1) is 0 Å². The number of ether oxygens (including phenoxy) is 1. The first kappa shape index (κ1) is 18.2. The van der Waals surface area contributed by atoms with Crippen LogP contribution in [0.15, 0.2) is 36.4 Å². The Morgan fingerprint density at radius 2 is 1.76 bits per heavy atom. The molecule has 3 amide bonds. The van der Waals surface area contributed by atoms with Gasteiger partial charge in [-0.2, -0.15) is 0 Å². The summed E-state index contributed by atoms with van der Waals surface area (Å²) in [6.45, 7) is 1.85. The van der Waals surface area contributed by atoms with E-state index in [0.29, 0.717) is 11.3 Å². The molecule has 0 heterocycles. The molecule has 1 aliphatic rings. The van der Waals surface area contributed by atoms with Crippen molar-refractivity contribution in [3.8, 4) is 0 Å². The molecule has 132 valence electrons. The maximum Gasteiger partial charge on any atom is 0.330 e. The SMILES string of the molecule is CCOC(=O)/C=C/C(=O)NNC(=O)c1ccc(NC(=O)C2CC2)cc1. The van der Waals surface area contributed by atoms with E-state index in [2.05, 4.69) is 20.9 Å². The Labute approximate surface area is 144 Å². The fourth-order valence-corrected chi connectivity index (χ4v) is 1.86. The Morgan fingerprint density at radius 1 is 1.08 bits per heavy atom. The zero-order chi connectivity index (χ0) is 18.2. The Hall–Kier alpha value is -3.16. The Morgan fingerprint density at radius 3 is 2.36 bits per heavy atom. The van der Waals surface area contributed by atoms with Crippen LogP contribution in [0.2, 0.25) is 0 Å². The number of nitrogens with one attached hydrogen (secondary N) is 3. The molecule has 0 radical (unpaired) electrons. The minimum atomic E-state index is -0.672. The van der Waals surface area contributed by atoms with Crippen LogP contribution in [0.25, 0.3) is 0 Å². The zero-order valence-corrected chi connectivity index (χ0v) is 13.7. The van der Waals surface area contributed by atoms with E-state index in [1.165, 1.54) is 12.1 Å². The third-order valence-electron chi connectivity index (χ3n) is 3.32. The summed E-state index contributed by atoms with van der Waals surface area (Å²) in [7, 11) is 0. The summed E-state index contributed by atoms with van der Waals surface area (Å²) in [5, 5.41) is 2.76. The van der Waals surface area contributed by atoms with Gasteiger partial charge in [-0.1, -0.05) is 0 Å². The molecular weight excluding hydrogens is 326 g/mol. The van der Waals surface area contributed by atoms with E-state index in [1.54, 1.807) is 19.1 Å². The van der Waals surface area contributed by atoms with E-state index in [4.69, 9.17) is 0 Å². The number of carbonyl (C=O) groups is 4. The number of amides is 3. The minimum Gasteiger partial charge on any atom is -0.463 e. The number of anilines is 1. The van der Waals surface area contributed by atoms with Gasteiger partial charge in [0, 0.05) is 29.3 Å². The molecule has 0 spiro atoms. The van der Waals surface area contributed by atoms with Crippen LogP contribution in [0.4, 0.5) is 5.69 Å². The van der Waals surface area contributed by atoms with Crippen molar-refractivity contribution in [2.45, 2.75) is 19.8 Å². The van der Waals surface area contributed by atoms with Gasteiger partial charge in [0.25, 0.3) is 11.8 Å². The summed E-state index contributed by atoms with van der Waals surface area (Å²) in [5.74, 6) is -1.76. The molecular formula is C17H19N3O5. The van der Waals surface area contributed by atoms with Crippen LogP contribution in [0, 0.1) is 5.92 Å². The van der Waals surface area contributed by atoms with E-state index < -0.39 is 17.8 Å². The highest BCUT2D eigenvalue weighted by atomic mass is 16.5. The number of carbonyl (C=O) groups excluding carboxylic acids is 4. The molecule has 0 atom stereocenters. The van der Waals surface area contributed by atoms with Crippen molar-refractivity contribution in [3.63, 3.8) is 0 Å². The van der Waals surface area contributed by atoms with Crippen molar-refractivity contribution in [1.82, 2.24) is 10.9 Å². The van der Waals surface area contributed by atoms with Crippen molar-refractivity contribution < 1.29 is 23.9 Å². The van der Waals surface area contributed by atoms with Crippen molar-refractivity contribution >= 4 is 29.4 Å². The molecule has 3 N–H and O–H groups in total. The second kappa shape index (κ2) is 8.62. The molecule has 0 saturated heterocycles. The maximum atomic E-state index is 11.9. The molecule has 0 unspecified atom stereocenters. The molecule has 1 fully saturated rings. The molecule has 0 aliphatic heterocycles. The average molecular weight is 345 g/mol. The normalized spacial score (nSPS) is 13.2. The molecule has 8 heteroatoms. The lowest BCUT2D eigenvalue weighted by molar-refractivity contribution is -0.137. The van der Waals surface area contributed by atoms with Crippen LogP contribution >= 0.6 is 0 Å². The van der Waals surface area contributed by atoms with Crippen LogP contribution < -0.4 is 16.2 Å². The predicted octanol–water partition coefficient (Wildman–Crippen LogP) is 0.915. The summed E-state index contributed by atoms with van der Waals surface area (Å²) in [5.41, 5.74) is 5.27. The number of hydrogen-bond acceptors (Lipinski definition) is 5. The molecule has 1 saturated carbocycles. The summed E-state index contributed by atoms with van der Waals surface area (Å²) in [6.07, 6.45) is 3.74. The number of rotatable bonds is 6. The van der Waals surface area contributed by atoms with Gasteiger partial charge in [0.15, 0.2) is 0 Å². The Bertz CT molecular complexity index is 693. The van der Waals surface area contributed by atoms with Crippen molar-refractivity contribution in [2.24, 2.45) is 5.92 Å². The van der Waals surface area contributed by atoms with Gasteiger partial charge in [-0.05, 0) is 44.0 Å². The molecule has 1 aromatic carbocycles. The zero-order valence-electron chi connectivity index (χ0n) is 13.7. The third-order valence-corrected chi connectivity index (χ3v) is 3.32. The van der Waals surface area contributed by atoms with Crippen LogP contribution in [-0.2, 0) is 19.1 Å². The van der Waals surface area contributed by atoms with Crippen LogP contribution in [0.5, 0.6) is 0 Å². The van der Waals surface area contributed by atoms with Crippen LogP contribution in [0.3, 0.4) is 0 Å². The van der Waals surface area contributed by atoms with Crippen molar-refractivity contribution in [2.75, 3.05) is 11.9 Å². The van der Waals surface area contributed by atoms with Crippen LogP contribution in [-0.4, -0.2) is 30.3 Å². The fourth-order valence-electron chi connectivity index (χ4n) is 1.86. The highest BCUT2D eigenvalue weighted by Gasteiger charge is 2.29. The van der Waals surface area contributed by atoms with Gasteiger partial charge in [0.1, 0.15) is 0 Å². The highest BCUT2D eigenvalue weighted by Crippen LogP contribution is 2.30. The lowest BCUT2D eigenvalue weighted by Crippen LogP contribution is -2.40.